The van der Waals surface area contributed by atoms with Gasteiger partial charge in [-0.15, -0.1) is 11.3 Å². The van der Waals surface area contributed by atoms with Gasteiger partial charge in [0, 0.05) is 35.9 Å². The van der Waals surface area contributed by atoms with Crippen LogP contribution in [0.5, 0.6) is 0 Å². The van der Waals surface area contributed by atoms with E-state index in [2.05, 4.69) is 22.3 Å². The minimum atomic E-state index is -0.240. The smallest absolute Gasteiger partial charge is 0.278 e. The average Bonchev–Trinajstić information content (AvgIpc) is 3.33. The number of rotatable bonds is 6. The fourth-order valence-electron chi connectivity index (χ4n) is 3.82. The number of benzene rings is 1. The zero-order valence-electron chi connectivity index (χ0n) is 16.1. The molecule has 1 saturated heterocycles. The number of piperidine rings is 1. The summed E-state index contributed by atoms with van der Waals surface area (Å²) in [5.41, 5.74) is 2.89. The molecule has 6 heteroatoms. The van der Waals surface area contributed by atoms with Gasteiger partial charge < -0.3 is 10.2 Å². The predicted molar refractivity (Wildman–Crippen MR) is 114 cm³/mol. The fourth-order valence-corrected chi connectivity index (χ4v) is 4.59. The van der Waals surface area contributed by atoms with Gasteiger partial charge in [0.2, 0.25) is 0 Å². The maximum atomic E-state index is 12.9. The van der Waals surface area contributed by atoms with E-state index in [9.17, 15) is 9.59 Å². The maximum absolute atomic E-state index is 12.9. The van der Waals surface area contributed by atoms with Crippen molar-refractivity contribution < 1.29 is 9.59 Å². The van der Waals surface area contributed by atoms with Gasteiger partial charge in [0.15, 0.2) is 0 Å². The summed E-state index contributed by atoms with van der Waals surface area (Å²) in [6.07, 6.45) is 4.52. The molecule has 0 atom stereocenters. The molecule has 1 aromatic heterocycles. The largest absolute Gasteiger partial charge is 0.372 e. The molecule has 2 amide bonds. The number of nitrogens with zero attached hydrogens (tertiary/aromatic N) is 2. The Hall–Kier alpha value is -2.60. The summed E-state index contributed by atoms with van der Waals surface area (Å²) in [4.78, 5) is 30.4. The highest BCUT2D eigenvalue weighted by Gasteiger charge is 2.39. The zero-order valence-corrected chi connectivity index (χ0v) is 16.9. The summed E-state index contributed by atoms with van der Waals surface area (Å²) in [5, 5.41) is 5.16. The molecule has 1 aromatic carbocycles. The van der Waals surface area contributed by atoms with Crippen LogP contribution in [0.2, 0.25) is 0 Å². The molecule has 5 nitrogen and oxygen atoms in total. The van der Waals surface area contributed by atoms with Gasteiger partial charge in [-0.25, -0.2) is 0 Å². The molecule has 2 aromatic rings. The lowest BCUT2D eigenvalue weighted by Gasteiger charge is -2.28. The van der Waals surface area contributed by atoms with Gasteiger partial charge in [-0.3, -0.25) is 14.5 Å². The third-order valence-electron chi connectivity index (χ3n) is 5.24. The normalized spacial score (nSPS) is 17.6. The molecule has 0 unspecified atom stereocenters. The Morgan fingerprint density at radius 3 is 2.39 bits per heavy atom. The summed E-state index contributed by atoms with van der Waals surface area (Å²) >= 11 is 1.48. The van der Waals surface area contributed by atoms with Crippen molar-refractivity contribution >= 4 is 40.1 Å². The first-order valence-corrected chi connectivity index (χ1v) is 10.8. The summed E-state index contributed by atoms with van der Waals surface area (Å²) in [5.74, 6) is -0.447. The number of carbonyl (C=O) groups is 2. The number of imide groups is 1. The van der Waals surface area contributed by atoms with Crippen LogP contribution in [0.1, 0.15) is 37.5 Å². The summed E-state index contributed by atoms with van der Waals surface area (Å²) in [6, 6.07) is 11.9. The lowest BCUT2D eigenvalue weighted by atomic mass is 10.1. The van der Waals surface area contributed by atoms with Crippen LogP contribution in [0.15, 0.2) is 47.5 Å². The number of hydrogen-bond acceptors (Lipinski definition) is 5. The second-order valence-electron chi connectivity index (χ2n) is 7.21. The van der Waals surface area contributed by atoms with Crippen molar-refractivity contribution in [3.05, 3.63) is 52.4 Å². The van der Waals surface area contributed by atoms with Crippen molar-refractivity contribution in [2.24, 2.45) is 0 Å². The van der Waals surface area contributed by atoms with E-state index in [1.54, 1.807) is 0 Å². The van der Waals surface area contributed by atoms with Crippen molar-refractivity contribution in [1.29, 1.82) is 0 Å². The van der Waals surface area contributed by atoms with E-state index in [1.165, 1.54) is 41.2 Å². The van der Waals surface area contributed by atoms with Crippen LogP contribution in [-0.4, -0.2) is 36.3 Å². The standard InChI is InChI=1S/C22H25N3O2S/c1-2-12-25-21(26)19(18-7-6-15-28-18)20(22(25)27)23-16-8-10-17(11-9-16)24-13-4-3-5-14-24/h6-11,15,23H,2-5,12-14H2,1H3. The van der Waals surface area contributed by atoms with E-state index in [1.807, 2.05) is 36.6 Å². The minimum absolute atomic E-state index is 0.207. The second kappa shape index (κ2) is 8.19. The molecular weight excluding hydrogens is 370 g/mol. The first kappa shape index (κ1) is 18.7. The van der Waals surface area contributed by atoms with Gasteiger partial charge in [-0.05, 0) is 61.4 Å². The van der Waals surface area contributed by atoms with Crippen molar-refractivity contribution in [2.75, 3.05) is 29.9 Å². The average molecular weight is 396 g/mol. The molecule has 0 aliphatic carbocycles. The summed E-state index contributed by atoms with van der Waals surface area (Å²) in [7, 11) is 0. The first-order chi connectivity index (χ1) is 13.7. The van der Waals surface area contributed by atoms with Crippen LogP contribution in [0, 0.1) is 0 Å². The second-order valence-corrected chi connectivity index (χ2v) is 8.16. The number of amides is 2. The maximum Gasteiger partial charge on any atom is 0.278 e. The number of anilines is 2. The van der Waals surface area contributed by atoms with Crippen LogP contribution >= 0.6 is 11.3 Å². The quantitative estimate of drug-likeness (QED) is 0.739. The van der Waals surface area contributed by atoms with Crippen molar-refractivity contribution in [2.45, 2.75) is 32.6 Å². The Labute approximate surface area is 169 Å². The number of carbonyl (C=O) groups excluding carboxylic acids is 2. The Morgan fingerprint density at radius 2 is 1.75 bits per heavy atom. The Morgan fingerprint density at radius 1 is 1.00 bits per heavy atom. The van der Waals surface area contributed by atoms with Gasteiger partial charge in [0.25, 0.3) is 11.8 Å². The van der Waals surface area contributed by atoms with E-state index < -0.39 is 0 Å². The van der Waals surface area contributed by atoms with Gasteiger partial charge in [0.1, 0.15) is 5.70 Å². The third-order valence-corrected chi connectivity index (χ3v) is 6.13. The van der Waals surface area contributed by atoms with Crippen molar-refractivity contribution in [3.63, 3.8) is 0 Å². The molecule has 0 spiro atoms. The van der Waals surface area contributed by atoms with Crippen molar-refractivity contribution in [3.8, 4) is 0 Å². The highest BCUT2D eigenvalue weighted by atomic mass is 32.1. The molecule has 0 bridgehead atoms. The fraction of sp³-hybridized carbons (Fsp3) is 0.364. The van der Waals surface area contributed by atoms with Crippen LogP contribution in [0.25, 0.3) is 5.57 Å². The lowest BCUT2D eigenvalue weighted by Crippen LogP contribution is -2.33. The van der Waals surface area contributed by atoms with Gasteiger partial charge in [-0.1, -0.05) is 13.0 Å². The number of nitrogens with one attached hydrogen (secondary N) is 1. The summed E-state index contributed by atoms with van der Waals surface area (Å²) in [6.45, 7) is 4.60. The monoisotopic (exact) mass is 395 g/mol. The zero-order chi connectivity index (χ0) is 19.5. The van der Waals surface area contributed by atoms with Crippen LogP contribution in [0.4, 0.5) is 11.4 Å². The Bertz CT molecular complexity index is 881. The molecule has 2 aliphatic rings. The van der Waals surface area contributed by atoms with Gasteiger partial charge >= 0.3 is 0 Å². The predicted octanol–water partition coefficient (Wildman–Crippen LogP) is 4.34. The molecule has 28 heavy (non-hydrogen) atoms. The third kappa shape index (κ3) is 3.56. The van der Waals surface area contributed by atoms with Crippen LogP contribution in [-0.2, 0) is 9.59 Å². The van der Waals surface area contributed by atoms with E-state index in [4.69, 9.17) is 0 Å². The molecule has 1 fully saturated rings. The first-order valence-electron chi connectivity index (χ1n) is 9.95. The molecule has 3 heterocycles. The molecule has 4 rings (SSSR count). The lowest BCUT2D eigenvalue weighted by molar-refractivity contribution is -0.136. The summed E-state index contributed by atoms with van der Waals surface area (Å²) < 4.78 is 0. The Kier molecular flexibility index (Phi) is 5.48. The van der Waals surface area contributed by atoms with Crippen LogP contribution < -0.4 is 10.2 Å². The van der Waals surface area contributed by atoms with E-state index in [0.29, 0.717) is 17.8 Å². The molecule has 2 aliphatic heterocycles. The number of thiophene rings is 1. The molecule has 146 valence electrons. The molecule has 1 N–H and O–H groups in total. The molecular formula is C22H25N3O2S. The van der Waals surface area contributed by atoms with E-state index >= 15 is 0 Å². The number of hydrogen-bond donors (Lipinski definition) is 1. The molecule has 0 radical (unpaired) electrons. The Balaban J connectivity index is 1.60. The topological polar surface area (TPSA) is 52.7 Å². The highest BCUT2D eigenvalue weighted by molar-refractivity contribution is 7.11. The van der Waals surface area contributed by atoms with Crippen molar-refractivity contribution in [1.82, 2.24) is 4.90 Å². The minimum Gasteiger partial charge on any atom is -0.372 e. The van der Waals surface area contributed by atoms with E-state index in [0.717, 1.165) is 30.1 Å². The van der Waals surface area contributed by atoms with Gasteiger partial charge in [0.05, 0.1) is 5.57 Å². The SMILES string of the molecule is CCCN1C(=O)C(Nc2ccc(N3CCCCC3)cc2)=C(c2cccs2)C1=O. The molecule has 0 saturated carbocycles. The highest BCUT2D eigenvalue weighted by Crippen LogP contribution is 2.33. The van der Waals surface area contributed by atoms with Gasteiger partial charge in [-0.2, -0.15) is 0 Å². The van der Waals surface area contributed by atoms with E-state index in [-0.39, 0.29) is 11.8 Å². The van der Waals surface area contributed by atoms with Crippen LogP contribution in [0.3, 0.4) is 0 Å².